The van der Waals surface area contributed by atoms with Crippen molar-refractivity contribution >= 4 is 33.5 Å². The molecule has 0 spiro atoms. The van der Waals surface area contributed by atoms with Crippen LogP contribution in [-0.2, 0) is 24.3 Å². The maximum absolute atomic E-state index is 15.1. The first kappa shape index (κ1) is 26.3. The predicted octanol–water partition coefficient (Wildman–Crippen LogP) is -1.31. The number of rotatable bonds is 8. The molecule has 0 aromatic heterocycles. The molecule has 15 heteroatoms. The van der Waals surface area contributed by atoms with E-state index in [1.54, 1.807) is 4.72 Å². The van der Waals surface area contributed by atoms with Gasteiger partial charge in [-0.2, -0.15) is 4.39 Å². The molecule has 2 unspecified atom stereocenters. The minimum Gasteiger partial charge on any atom is -0.477 e. The lowest BCUT2D eigenvalue weighted by Crippen LogP contribution is -2.74. The Morgan fingerprint density at radius 2 is 1.81 bits per heavy atom. The fourth-order valence-electron chi connectivity index (χ4n) is 3.13. The van der Waals surface area contributed by atoms with Crippen LogP contribution >= 0.6 is 11.6 Å². The molecule has 0 saturated carbocycles. The van der Waals surface area contributed by atoms with E-state index in [-0.39, 0.29) is 5.02 Å². The monoisotopic (exact) mass is 502 g/mol. The summed E-state index contributed by atoms with van der Waals surface area (Å²) < 4.78 is 62.0. The highest BCUT2D eigenvalue weighted by Crippen LogP contribution is 2.36. The van der Waals surface area contributed by atoms with Crippen molar-refractivity contribution in [3.63, 3.8) is 0 Å². The molecule has 11 nitrogen and oxygen atoms in total. The number of hydrogen-bond donors (Lipinski definition) is 6. The summed E-state index contributed by atoms with van der Waals surface area (Å²) in [7, 11) is -4.64. The maximum atomic E-state index is 15.1. The molecule has 32 heavy (non-hydrogen) atoms. The van der Waals surface area contributed by atoms with Crippen molar-refractivity contribution in [2.75, 3.05) is 6.61 Å². The Kier molecular flexibility index (Phi) is 8.15. The van der Waals surface area contributed by atoms with Gasteiger partial charge in [0, 0.05) is 11.9 Å². The van der Waals surface area contributed by atoms with Crippen LogP contribution in [0.3, 0.4) is 0 Å². The number of hydrogen-bond acceptors (Lipinski definition) is 8. The fourth-order valence-corrected chi connectivity index (χ4v) is 4.51. The molecule has 180 valence electrons. The number of aliphatic carboxylic acids is 1. The molecule has 1 saturated heterocycles. The minimum atomic E-state index is -4.64. The maximum Gasteiger partial charge on any atom is 0.372 e. The van der Waals surface area contributed by atoms with Crippen LogP contribution in [-0.4, -0.2) is 89.7 Å². The number of aliphatic hydroxyl groups excluding tert-OH is 3. The SMILES string of the molecule is CC(=O)N[C@H]1[C@H]([C@H](O)[C@H](O)CO)OC(F)(C(=O)O)C(F)[C@@H]1NS(=O)(=O)c1ccc(Cl)cc1. The zero-order valence-corrected chi connectivity index (χ0v) is 17.9. The number of sulfonamides is 1. The molecule has 1 aromatic carbocycles. The molecule has 1 aromatic rings. The first-order valence-electron chi connectivity index (χ1n) is 9.00. The van der Waals surface area contributed by atoms with E-state index in [0.29, 0.717) is 0 Å². The molecule has 1 aliphatic rings. The van der Waals surface area contributed by atoms with E-state index in [0.717, 1.165) is 19.1 Å². The second-order valence-corrected chi connectivity index (χ2v) is 9.15. The number of aliphatic hydroxyl groups is 3. The van der Waals surface area contributed by atoms with Crippen LogP contribution < -0.4 is 10.0 Å². The van der Waals surface area contributed by atoms with Gasteiger partial charge in [-0.1, -0.05) is 11.6 Å². The van der Waals surface area contributed by atoms with Crippen molar-refractivity contribution in [3.8, 4) is 0 Å². The van der Waals surface area contributed by atoms with Gasteiger partial charge in [0.2, 0.25) is 15.9 Å². The Morgan fingerprint density at radius 1 is 1.25 bits per heavy atom. The van der Waals surface area contributed by atoms with Crippen molar-refractivity contribution < 1.29 is 52.0 Å². The number of carboxylic acids is 1. The third kappa shape index (κ3) is 5.33. The molecule has 0 bridgehead atoms. The highest BCUT2D eigenvalue weighted by molar-refractivity contribution is 7.89. The van der Waals surface area contributed by atoms with Gasteiger partial charge in [-0.15, -0.1) is 0 Å². The molecule has 1 aliphatic heterocycles. The average molecular weight is 503 g/mol. The summed E-state index contributed by atoms with van der Waals surface area (Å²) in [5, 5.41) is 40.4. The molecular weight excluding hydrogens is 482 g/mol. The van der Waals surface area contributed by atoms with Gasteiger partial charge in [0.25, 0.3) is 0 Å². The molecule has 1 amide bonds. The number of carboxylic acid groups (broad SMARTS) is 1. The number of nitrogens with one attached hydrogen (secondary N) is 2. The fraction of sp³-hybridized carbons (Fsp3) is 0.529. The van der Waals surface area contributed by atoms with Crippen molar-refractivity contribution in [2.45, 2.75) is 54.2 Å². The summed E-state index contributed by atoms with van der Waals surface area (Å²) in [5.74, 6) is -7.57. The summed E-state index contributed by atoms with van der Waals surface area (Å²) in [6.45, 7) is -0.168. The lowest BCUT2D eigenvalue weighted by Gasteiger charge is -2.47. The van der Waals surface area contributed by atoms with Gasteiger partial charge in [-0.25, -0.2) is 22.3 Å². The zero-order valence-electron chi connectivity index (χ0n) is 16.4. The van der Waals surface area contributed by atoms with E-state index in [2.05, 4.69) is 10.1 Å². The quantitative estimate of drug-likeness (QED) is 0.251. The Hall–Kier alpha value is -1.94. The van der Waals surface area contributed by atoms with Crippen LogP contribution in [0.5, 0.6) is 0 Å². The topological polar surface area (TPSA) is 182 Å². The lowest BCUT2D eigenvalue weighted by molar-refractivity contribution is -0.277. The normalized spacial score (nSPS) is 30.3. The van der Waals surface area contributed by atoms with Crippen LogP contribution in [0.4, 0.5) is 8.78 Å². The largest absolute Gasteiger partial charge is 0.477 e. The van der Waals surface area contributed by atoms with E-state index in [4.69, 9.17) is 16.7 Å². The van der Waals surface area contributed by atoms with Gasteiger partial charge >= 0.3 is 11.8 Å². The molecule has 2 rings (SSSR count). The van der Waals surface area contributed by atoms with Crippen molar-refractivity contribution in [2.24, 2.45) is 0 Å². The number of amides is 1. The van der Waals surface area contributed by atoms with Gasteiger partial charge in [-0.3, -0.25) is 4.79 Å². The third-order valence-corrected chi connectivity index (χ3v) is 6.44. The van der Waals surface area contributed by atoms with Crippen LogP contribution in [0, 0.1) is 0 Å². The van der Waals surface area contributed by atoms with E-state index >= 15 is 8.78 Å². The zero-order chi connectivity index (χ0) is 24.4. The minimum absolute atomic E-state index is 0.171. The van der Waals surface area contributed by atoms with Gasteiger partial charge in [0.05, 0.1) is 23.6 Å². The number of alkyl halides is 2. The molecule has 6 N–H and O–H groups in total. The van der Waals surface area contributed by atoms with Crippen molar-refractivity contribution in [1.82, 2.24) is 10.0 Å². The molecular formula is C17H21ClF2N2O9S. The Bertz CT molecular complexity index is 952. The number of benzene rings is 1. The predicted molar refractivity (Wildman–Crippen MR) is 104 cm³/mol. The Balaban J connectivity index is 2.57. The summed E-state index contributed by atoms with van der Waals surface area (Å²) >= 11 is 5.70. The standard InChI is InChI=1S/C17H21ClF2N2O9S/c1-7(24)21-11-12(22-32(29,30)9-4-2-8(18)3-5-9)15(19)17(20,16(27)28)31-14(11)13(26)10(25)6-23/h2-5,10-15,22-23,25-26H,6H2,1H3,(H,21,24)(H,27,28)/t10-,11-,12-,13-,14-,15?,17?/m1/s1. The van der Waals surface area contributed by atoms with E-state index < -0.39 is 75.8 Å². The number of ether oxygens (including phenoxy) is 1. The molecule has 1 fully saturated rings. The average Bonchev–Trinajstić information content (AvgIpc) is 2.72. The first-order chi connectivity index (χ1) is 14.7. The first-order valence-corrected chi connectivity index (χ1v) is 10.9. The summed E-state index contributed by atoms with van der Waals surface area (Å²) in [4.78, 5) is 22.6. The Labute approximate surface area is 186 Å². The van der Waals surface area contributed by atoms with Gasteiger partial charge in [0.1, 0.15) is 18.3 Å². The summed E-state index contributed by atoms with van der Waals surface area (Å²) in [5.41, 5.74) is 0. The van der Waals surface area contributed by atoms with Crippen LogP contribution in [0.25, 0.3) is 0 Å². The summed E-state index contributed by atoms with van der Waals surface area (Å²) in [6, 6.07) is 0.237. The second-order valence-electron chi connectivity index (χ2n) is 7.00. The molecule has 0 aliphatic carbocycles. The van der Waals surface area contributed by atoms with Crippen molar-refractivity contribution in [3.05, 3.63) is 29.3 Å². The van der Waals surface area contributed by atoms with E-state index in [1.807, 2.05) is 0 Å². The van der Waals surface area contributed by atoms with Crippen molar-refractivity contribution in [1.29, 1.82) is 0 Å². The molecule has 7 atom stereocenters. The highest BCUT2D eigenvalue weighted by atomic mass is 35.5. The Morgan fingerprint density at radius 3 is 2.28 bits per heavy atom. The third-order valence-electron chi connectivity index (χ3n) is 4.71. The second kappa shape index (κ2) is 9.91. The lowest BCUT2D eigenvalue weighted by atomic mass is 9.86. The number of halogens is 3. The van der Waals surface area contributed by atoms with Gasteiger partial charge < -0.3 is 30.5 Å². The highest BCUT2D eigenvalue weighted by Gasteiger charge is 2.63. The molecule has 1 heterocycles. The van der Waals surface area contributed by atoms with E-state index in [9.17, 15) is 33.3 Å². The van der Waals surface area contributed by atoms with Crippen LogP contribution in [0.15, 0.2) is 29.2 Å². The van der Waals surface area contributed by atoms with E-state index in [1.165, 1.54) is 12.1 Å². The number of carbonyl (C=O) groups is 2. The number of carbonyl (C=O) groups excluding carboxylic acids is 1. The smallest absolute Gasteiger partial charge is 0.372 e. The van der Waals surface area contributed by atoms with Crippen LogP contribution in [0.2, 0.25) is 5.02 Å². The molecule has 0 radical (unpaired) electrons. The van der Waals surface area contributed by atoms with Gasteiger partial charge in [0.15, 0.2) is 6.17 Å². The van der Waals surface area contributed by atoms with Gasteiger partial charge in [-0.05, 0) is 24.3 Å². The van der Waals surface area contributed by atoms with Crippen LogP contribution in [0.1, 0.15) is 6.92 Å². The summed E-state index contributed by atoms with van der Waals surface area (Å²) in [6.07, 6.45) is -9.68.